The molecule has 1 aliphatic heterocycles. The van der Waals surface area contributed by atoms with E-state index in [0.29, 0.717) is 42.0 Å². The Kier molecular flexibility index (Phi) is 6.57. The first kappa shape index (κ1) is 24.6. The molecule has 0 aromatic rings. The molecule has 4 aliphatic carbocycles. The van der Waals surface area contributed by atoms with Crippen molar-refractivity contribution in [3.05, 3.63) is 0 Å². The summed E-state index contributed by atoms with van der Waals surface area (Å²) in [5.74, 6) is 3.33. The molecule has 1 heterocycles. The fourth-order valence-electron chi connectivity index (χ4n) is 9.73. The van der Waals surface area contributed by atoms with Crippen LogP contribution in [0.3, 0.4) is 0 Å². The lowest BCUT2D eigenvalue weighted by Crippen LogP contribution is -2.60. The SMILES string of the molecule is CC[C@H]1C(=O)[C@@H]2[C@H](CC[C@]3(C)[C@@H]([C@H](C)CCOC(=O)N4CCC4)CC[C@@H]23)[C@@]2(C)CC[C@@H](O)C[C@@H]12. The van der Waals surface area contributed by atoms with Crippen LogP contribution in [0.5, 0.6) is 0 Å². The average Bonchev–Trinajstić information content (AvgIpc) is 3.11. The van der Waals surface area contributed by atoms with Gasteiger partial charge >= 0.3 is 6.09 Å². The predicted molar refractivity (Wildman–Crippen MR) is 132 cm³/mol. The molecule has 4 saturated carbocycles. The number of hydrogen-bond acceptors (Lipinski definition) is 4. The van der Waals surface area contributed by atoms with E-state index in [-0.39, 0.29) is 34.9 Å². The van der Waals surface area contributed by atoms with Crippen LogP contribution in [0, 0.1) is 52.3 Å². The molecule has 5 aliphatic rings. The van der Waals surface area contributed by atoms with E-state index >= 15 is 0 Å². The minimum Gasteiger partial charge on any atom is -0.449 e. The molecule has 192 valence electrons. The smallest absolute Gasteiger partial charge is 0.409 e. The van der Waals surface area contributed by atoms with Crippen molar-refractivity contribution in [3.8, 4) is 0 Å². The van der Waals surface area contributed by atoms with Crippen molar-refractivity contribution in [3.63, 3.8) is 0 Å². The number of fused-ring (bicyclic) bond motifs is 5. The number of likely N-dealkylation sites (tertiary alicyclic amines) is 1. The summed E-state index contributed by atoms with van der Waals surface area (Å²) in [6.45, 7) is 11.7. The number of amides is 1. The summed E-state index contributed by atoms with van der Waals surface area (Å²) < 4.78 is 5.57. The number of hydrogen-bond donors (Lipinski definition) is 1. The van der Waals surface area contributed by atoms with Gasteiger partial charge in [-0.3, -0.25) is 4.79 Å². The van der Waals surface area contributed by atoms with Gasteiger partial charge in [0, 0.05) is 24.9 Å². The normalized spacial score (nSPS) is 46.7. The summed E-state index contributed by atoms with van der Waals surface area (Å²) >= 11 is 0. The number of ether oxygens (including phenoxy) is 1. The fourth-order valence-corrected chi connectivity index (χ4v) is 9.73. The Bertz CT molecular complexity index is 795. The maximum Gasteiger partial charge on any atom is 0.409 e. The molecule has 0 aromatic heterocycles. The number of Topliss-reactive ketones (excluding diaryl/α,β-unsaturated/α-hetero) is 1. The van der Waals surface area contributed by atoms with E-state index in [2.05, 4.69) is 27.7 Å². The largest absolute Gasteiger partial charge is 0.449 e. The highest BCUT2D eigenvalue weighted by atomic mass is 16.6. The topological polar surface area (TPSA) is 66.8 Å². The first-order chi connectivity index (χ1) is 16.2. The highest BCUT2D eigenvalue weighted by Gasteiger charge is 2.65. The van der Waals surface area contributed by atoms with Crippen molar-refractivity contribution < 1.29 is 19.4 Å². The lowest BCUT2D eigenvalue weighted by molar-refractivity contribution is -0.173. The summed E-state index contributed by atoms with van der Waals surface area (Å²) in [7, 11) is 0. The molecule has 5 nitrogen and oxygen atoms in total. The van der Waals surface area contributed by atoms with Crippen LogP contribution in [0.15, 0.2) is 0 Å². The van der Waals surface area contributed by atoms with Crippen LogP contribution in [-0.4, -0.2) is 47.7 Å². The van der Waals surface area contributed by atoms with Gasteiger partial charge in [-0.05, 0) is 105 Å². The molecule has 0 aromatic carbocycles. The van der Waals surface area contributed by atoms with Gasteiger partial charge in [0.05, 0.1) is 12.7 Å². The monoisotopic (exact) mass is 473 g/mol. The van der Waals surface area contributed by atoms with E-state index in [0.717, 1.165) is 58.0 Å². The van der Waals surface area contributed by atoms with Crippen molar-refractivity contribution in [2.75, 3.05) is 19.7 Å². The average molecular weight is 474 g/mol. The van der Waals surface area contributed by atoms with Crippen LogP contribution in [0.25, 0.3) is 0 Å². The minimum absolute atomic E-state index is 0.126. The van der Waals surface area contributed by atoms with Crippen molar-refractivity contribution in [2.24, 2.45) is 52.3 Å². The van der Waals surface area contributed by atoms with Crippen LogP contribution in [0.1, 0.15) is 91.9 Å². The van der Waals surface area contributed by atoms with Gasteiger partial charge in [0.15, 0.2) is 0 Å². The molecule has 10 atom stereocenters. The van der Waals surface area contributed by atoms with Crippen LogP contribution >= 0.6 is 0 Å². The summed E-state index contributed by atoms with van der Waals surface area (Å²) in [5, 5.41) is 10.5. The predicted octanol–water partition coefficient (Wildman–Crippen LogP) is 5.69. The molecular weight excluding hydrogens is 426 g/mol. The zero-order chi connectivity index (χ0) is 24.3. The number of carbonyl (C=O) groups excluding carboxylic acids is 2. The van der Waals surface area contributed by atoms with E-state index in [1.807, 2.05) is 0 Å². The minimum atomic E-state index is -0.225. The zero-order valence-corrected chi connectivity index (χ0v) is 21.9. The van der Waals surface area contributed by atoms with Gasteiger partial charge in [-0.2, -0.15) is 0 Å². The number of carbonyl (C=O) groups is 2. The molecule has 5 fully saturated rings. The van der Waals surface area contributed by atoms with Crippen molar-refractivity contribution in [1.82, 2.24) is 4.90 Å². The second-order valence-electron chi connectivity index (χ2n) is 13.1. The lowest BCUT2D eigenvalue weighted by atomic mass is 9.42. The quantitative estimate of drug-likeness (QED) is 0.557. The number of aliphatic hydroxyl groups excluding tert-OH is 1. The first-order valence-electron chi connectivity index (χ1n) is 14.3. The van der Waals surface area contributed by atoms with Crippen LogP contribution in [-0.2, 0) is 9.53 Å². The molecule has 1 N–H and O–H groups in total. The number of aliphatic hydroxyl groups is 1. The molecule has 5 rings (SSSR count). The van der Waals surface area contributed by atoms with E-state index in [1.54, 1.807) is 4.90 Å². The number of nitrogens with zero attached hydrogens (tertiary/aromatic N) is 1. The maximum atomic E-state index is 14.1. The Labute approximate surface area is 206 Å². The van der Waals surface area contributed by atoms with E-state index in [1.165, 1.54) is 19.3 Å². The molecular formula is C29H47NO4. The van der Waals surface area contributed by atoms with Gasteiger partial charge in [0.2, 0.25) is 0 Å². The summed E-state index contributed by atoms with van der Waals surface area (Å²) in [4.78, 5) is 27.9. The lowest BCUT2D eigenvalue weighted by Gasteiger charge is -2.62. The van der Waals surface area contributed by atoms with Crippen molar-refractivity contribution in [1.29, 1.82) is 0 Å². The fraction of sp³-hybridized carbons (Fsp3) is 0.931. The number of rotatable bonds is 5. The standard InChI is InChI=1S/C29H47NO4/c1-5-20-24-17-19(31)9-12-29(24,4)23-10-13-28(3)21(7-8-22(28)25(23)26(20)32)18(2)11-16-34-27(33)30-14-6-15-30/h18-25,31H,5-17H2,1-4H3/t18-,19-,20-,21-,22+,23+,24+,25+,28-,29-/m1/s1. The second kappa shape index (κ2) is 9.09. The Balaban J connectivity index is 1.30. The molecule has 0 unspecified atom stereocenters. The van der Waals surface area contributed by atoms with Gasteiger partial charge in [0.1, 0.15) is 5.78 Å². The molecule has 0 spiro atoms. The third-order valence-corrected chi connectivity index (χ3v) is 11.8. The Morgan fingerprint density at radius 2 is 1.79 bits per heavy atom. The maximum absolute atomic E-state index is 14.1. The van der Waals surface area contributed by atoms with Gasteiger partial charge in [0.25, 0.3) is 0 Å². The molecule has 34 heavy (non-hydrogen) atoms. The summed E-state index contributed by atoms with van der Waals surface area (Å²) in [6, 6.07) is 0. The highest BCUT2D eigenvalue weighted by molar-refractivity contribution is 5.86. The third-order valence-electron chi connectivity index (χ3n) is 11.8. The molecule has 0 radical (unpaired) electrons. The summed E-state index contributed by atoms with van der Waals surface area (Å²) in [6.07, 6.45) is 10.1. The molecule has 0 bridgehead atoms. The zero-order valence-electron chi connectivity index (χ0n) is 21.9. The number of ketones is 1. The molecule has 1 saturated heterocycles. The third kappa shape index (κ3) is 3.74. The van der Waals surface area contributed by atoms with Gasteiger partial charge in [-0.15, -0.1) is 0 Å². The van der Waals surface area contributed by atoms with E-state index in [9.17, 15) is 14.7 Å². The highest BCUT2D eigenvalue weighted by Crippen LogP contribution is 2.68. The van der Waals surface area contributed by atoms with E-state index in [4.69, 9.17) is 4.74 Å². The van der Waals surface area contributed by atoms with Gasteiger partial charge in [-0.1, -0.05) is 27.7 Å². The second-order valence-corrected chi connectivity index (χ2v) is 13.1. The molecule has 1 amide bonds. The van der Waals surface area contributed by atoms with E-state index < -0.39 is 0 Å². The van der Waals surface area contributed by atoms with Crippen molar-refractivity contribution >= 4 is 11.9 Å². The Morgan fingerprint density at radius 3 is 2.47 bits per heavy atom. The van der Waals surface area contributed by atoms with Crippen LogP contribution < -0.4 is 0 Å². The van der Waals surface area contributed by atoms with Crippen LogP contribution in [0.2, 0.25) is 0 Å². The molecule has 5 heteroatoms. The summed E-state index contributed by atoms with van der Waals surface area (Å²) in [5.41, 5.74) is 0.419. The van der Waals surface area contributed by atoms with Gasteiger partial charge in [-0.25, -0.2) is 4.79 Å². The first-order valence-corrected chi connectivity index (χ1v) is 14.3. The van der Waals surface area contributed by atoms with Crippen LogP contribution in [0.4, 0.5) is 4.79 Å². The van der Waals surface area contributed by atoms with Gasteiger partial charge < -0.3 is 14.7 Å². The van der Waals surface area contributed by atoms with Crippen molar-refractivity contribution in [2.45, 2.75) is 98.0 Å². The Hall–Kier alpha value is -1.10. The Morgan fingerprint density at radius 1 is 1.09 bits per heavy atom.